The van der Waals surface area contributed by atoms with E-state index in [0.29, 0.717) is 16.7 Å². The van der Waals surface area contributed by atoms with Gasteiger partial charge in [0, 0.05) is 23.4 Å². The van der Waals surface area contributed by atoms with E-state index in [1.165, 1.54) is 12.1 Å². The van der Waals surface area contributed by atoms with Gasteiger partial charge in [-0.25, -0.2) is 9.37 Å². The van der Waals surface area contributed by atoms with Gasteiger partial charge in [-0.15, -0.1) is 11.8 Å². The van der Waals surface area contributed by atoms with Crippen molar-refractivity contribution >= 4 is 47.7 Å². The Morgan fingerprint density at radius 3 is 2.64 bits per heavy atom. The number of halogens is 2. The van der Waals surface area contributed by atoms with Crippen LogP contribution < -0.4 is 5.32 Å². The van der Waals surface area contributed by atoms with Gasteiger partial charge >= 0.3 is 7.60 Å². The molecular formula is C25H27ClFN4O6PS. The lowest BCUT2D eigenvalue weighted by molar-refractivity contribution is -0.193. The summed E-state index contributed by atoms with van der Waals surface area (Å²) in [5, 5.41) is 13.8. The van der Waals surface area contributed by atoms with Gasteiger partial charge in [-0.1, -0.05) is 23.7 Å². The molecule has 3 N–H and O–H groups in total. The van der Waals surface area contributed by atoms with Crippen LogP contribution in [0.3, 0.4) is 0 Å². The van der Waals surface area contributed by atoms with Crippen molar-refractivity contribution in [3.8, 4) is 6.07 Å². The molecule has 0 amide bonds. The first-order valence-electron chi connectivity index (χ1n) is 12.1. The van der Waals surface area contributed by atoms with Crippen LogP contribution in [0.25, 0.3) is 11.0 Å². The zero-order valence-electron chi connectivity index (χ0n) is 21.2. The van der Waals surface area contributed by atoms with E-state index in [1.54, 1.807) is 42.8 Å². The SMILES string of the molecule is C[C@@H](Nc1c(C#N)c(Cl)nc2c1ccn2[C@@H]1O[C@H](CSCP(=O)(O)O)[C@H]2OC(C)(C)O[C@H]21)c1ccc(F)cc1. The van der Waals surface area contributed by atoms with Crippen molar-refractivity contribution in [2.24, 2.45) is 0 Å². The van der Waals surface area contributed by atoms with Gasteiger partial charge in [-0.05, 0) is 44.5 Å². The monoisotopic (exact) mass is 596 g/mol. The van der Waals surface area contributed by atoms with E-state index in [2.05, 4.69) is 16.4 Å². The Morgan fingerprint density at radius 1 is 1.28 bits per heavy atom. The molecule has 4 heterocycles. The third-order valence-corrected chi connectivity index (χ3v) is 9.51. The summed E-state index contributed by atoms with van der Waals surface area (Å²) in [4.78, 5) is 23.0. The molecule has 2 aromatic heterocycles. The molecule has 2 aliphatic heterocycles. The average Bonchev–Trinajstić information content (AvgIpc) is 3.49. The van der Waals surface area contributed by atoms with E-state index in [1.807, 2.05) is 6.92 Å². The van der Waals surface area contributed by atoms with Gasteiger partial charge in [0.2, 0.25) is 0 Å². The minimum absolute atomic E-state index is 0.00553. The Hall–Kier alpha value is -2.20. The van der Waals surface area contributed by atoms with Gasteiger partial charge < -0.3 is 33.9 Å². The van der Waals surface area contributed by atoms with Crippen molar-refractivity contribution < 1.29 is 33.0 Å². The van der Waals surface area contributed by atoms with E-state index in [9.17, 15) is 24.0 Å². The molecule has 2 aliphatic rings. The largest absolute Gasteiger partial charge is 0.377 e. The number of nitriles is 1. The molecule has 1 aromatic carbocycles. The van der Waals surface area contributed by atoms with Crippen molar-refractivity contribution in [2.45, 2.75) is 57.1 Å². The van der Waals surface area contributed by atoms with Crippen LogP contribution in [0.4, 0.5) is 10.1 Å². The Bertz CT molecular complexity index is 1480. The molecule has 5 rings (SSSR count). The van der Waals surface area contributed by atoms with Crippen LogP contribution in [0.2, 0.25) is 5.15 Å². The number of thioether (sulfide) groups is 1. The zero-order chi connectivity index (χ0) is 28.1. The zero-order valence-corrected chi connectivity index (χ0v) is 23.7. The summed E-state index contributed by atoms with van der Waals surface area (Å²) in [7, 11) is -4.17. The molecule has 39 heavy (non-hydrogen) atoms. The molecule has 0 saturated carbocycles. The molecule has 0 spiro atoms. The van der Waals surface area contributed by atoms with E-state index >= 15 is 0 Å². The summed E-state index contributed by atoms with van der Waals surface area (Å²) < 4.78 is 45.2. The summed E-state index contributed by atoms with van der Waals surface area (Å²) in [6.07, 6.45) is -0.405. The quantitative estimate of drug-likeness (QED) is 0.236. The number of anilines is 1. The normalized spacial score (nSPS) is 25.0. The van der Waals surface area contributed by atoms with E-state index in [4.69, 9.17) is 25.8 Å². The first kappa shape index (κ1) is 28.3. The first-order valence-corrected chi connectivity index (χ1v) is 15.5. The van der Waals surface area contributed by atoms with Gasteiger partial charge in [0.1, 0.15) is 35.3 Å². The molecule has 0 bridgehead atoms. The summed E-state index contributed by atoms with van der Waals surface area (Å²) >= 11 is 7.57. The maximum atomic E-state index is 13.4. The first-order chi connectivity index (χ1) is 18.4. The van der Waals surface area contributed by atoms with Crippen LogP contribution in [-0.2, 0) is 18.8 Å². The highest BCUT2D eigenvalue weighted by Crippen LogP contribution is 2.47. The van der Waals surface area contributed by atoms with E-state index in [-0.39, 0.29) is 33.8 Å². The van der Waals surface area contributed by atoms with Crippen molar-refractivity contribution in [1.29, 1.82) is 5.26 Å². The molecule has 3 aromatic rings. The highest BCUT2D eigenvalue weighted by Gasteiger charge is 2.56. The van der Waals surface area contributed by atoms with Crippen molar-refractivity contribution in [3.63, 3.8) is 0 Å². The Balaban J connectivity index is 1.49. The summed E-state index contributed by atoms with van der Waals surface area (Å²) in [5.74, 6) is -0.941. The fourth-order valence-corrected chi connectivity index (χ4v) is 7.04. The molecule has 2 saturated heterocycles. The summed E-state index contributed by atoms with van der Waals surface area (Å²) in [6.45, 7) is 5.48. The number of benzene rings is 1. The lowest BCUT2D eigenvalue weighted by Gasteiger charge is -2.25. The predicted octanol–water partition coefficient (Wildman–Crippen LogP) is 5.16. The van der Waals surface area contributed by atoms with Crippen LogP contribution >= 0.6 is 31.0 Å². The van der Waals surface area contributed by atoms with Gasteiger partial charge in [-0.2, -0.15) is 5.26 Å². The molecule has 208 valence electrons. The summed E-state index contributed by atoms with van der Waals surface area (Å²) in [6, 6.07) is 9.72. The predicted molar refractivity (Wildman–Crippen MR) is 145 cm³/mol. The average molecular weight is 597 g/mol. The fourth-order valence-electron chi connectivity index (χ4n) is 4.95. The van der Waals surface area contributed by atoms with Gasteiger partial charge in [0.25, 0.3) is 0 Å². The highest BCUT2D eigenvalue weighted by atomic mass is 35.5. The minimum atomic E-state index is -4.17. The topological polar surface area (TPSA) is 139 Å². The number of ether oxygens (including phenoxy) is 3. The second kappa shape index (κ2) is 10.7. The lowest BCUT2D eigenvalue weighted by atomic mass is 10.1. The van der Waals surface area contributed by atoms with E-state index in [0.717, 1.165) is 17.3 Å². The van der Waals surface area contributed by atoms with Crippen LogP contribution in [0.15, 0.2) is 36.5 Å². The number of rotatable bonds is 8. The highest BCUT2D eigenvalue weighted by molar-refractivity contribution is 8.04. The maximum absolute atomic E-state index is 13.4. The Labute approximate surface area is 233 Å². The molecule has 10 nitrogen and oxygen atoms in total. The lowest BCUT2D eigenvalue weighted by Crippen LogP contribution is -2.31. The van der Waals surface area contributed by atoms with Crippen molar-refractivity contribution in [1.82, 2.24) is 9.55 Å². The molecular weight excluding hydrogens is 570 g/mol. The van der Waals surface area contributed by atoms with Crippen LogP contribution in [0, 0.1) is 17.1 Å². The molecule has 0 aliphatic carbocycles. The number of hydrogen-bond acceptors (Lipinski definition) is 8. The van der Waals surface area contributed by atoms with Crippen molar-refractivity contribution in [2.75, 3.05) is 16.6 Å². The van der Waals surface area contributed by atoms with Crippen molar-refractivity contribution in [3.05, 3.63) is 58.6 Å². The Morgan fingerprint density at radius 2 is 1.97 bits per heavy atom. The van der Waals surface area contributed by atoms with Crippen LogP contribution in [0.5, 0.6) is 0 Å². The van der Waals surface area contributed by atoms with Gasteiger partial charge in [0.15, 0.2) is 17.2 Å². The second-order valence-electron chi connectivity index (χ2n) is 9.94. The van der Waals surface area contributed by atoms with Gasteiger partial charge in [-0.3, -0.25) is 4.57 Å². The Kier molecular flexibility index (Phi) is 7.74. The second-order valence-corrected chi connectivity index (χ2v) is 13.4. The fraction of sp³-hybridized carbons (Fsp3) is 0.440. The minimum Gasteiger partial charge on any atom is -0.377 e. The van der Waals surface area contributed by atoms with Gasteiger partial charge in [0.05, 0.1) is 17.3 Å². The number of hydrogen-bond donors (Lipinski definition) is 3. The molecule has 2 fully saturated rings. The van der Waals surface area contributed by atoms with Crippen LogP contribution in [0.1, 0.15) is 44.2 Å². The molecule has 5 atom stereocenters. The third-order valence-electron chi connectivity index (χ3n) is 6.60. The number of nitrogens with zero attached hydrogens (tertiary/aromatic N) is 3. The standard InChI is InChI=1S/C25H27ClFN4O6PS/c1-13(14-4-6-15(27)7-5-14)29-19-16-8-9-31(23(16)30-22(26)17(19)10-28)24-21-20(36-25(2,3)37-21)18(35-24)11-39-12-38(32,33)34/h4-9,13,18,20-21,24H,11-12H2,1-3H3,(H,29,30)(H2,32,33,34)/t13-,18-,20-,21-,24-/m1/s1. The maximum Gasteiger partial charge on any atom is 0.335 e. The van der Waals surface area contributed by atoms with E-state index < -0.39 is 37.9 Å². The third kappa shape index (κ3) is 5.82. The molecule has 14 heteroatoms. The molecule has 0 radical (unpaired) electrons. The smallest absolute Gasteiger partial charge is 0.335 e. The number of fused-ring (bicyclic) bond motifs is 2. The number of aromatic nitrogens is 2. The van der Waals surface area contributed by atoms with Crippen LogP contribution in [-0.4, -0.2) is 54.7 Å². The number of nitrogens with one attached hydrogen (secondary N) is 1. The molecule has 0 unspecified atom stereocenters. The summed E-state index contributed by atoms with van der Waals surface area (Å²) in [5.41, 5.74) is 1.59. The number of pyridine rings is 1.